The molecule has 0 aromatic rings. The molecule has 1 amide bonds. The van der Waals surface area contributed by atoms with E-state index in [0.717, 1.165) is 38.5 Å². The number of hydrogen-bond acceptors (Lipinski definition) is 5. The maximum atomic E-state index is 12.3. The molecule has 2 rings (SSSR count). The maximum Gasteiger partial charge on any atom is 0.302 e. The van der Waals surface area contributed by atoms with Crippen molar-refractivity contribution < 1.29 is 14.3 Å². The lowest BCUT2D eigenvalue weighted by atomic mass is 9.91. The minimum atomic E-state index is -0.247. The Kier molecular flexibility index (Phi) is 7.04. The predicted octanol–water partition coefficient (Wildman–Crippen LogP) is 1.85. The fourth-order valence-electron chi connectivity index (χ4n) is 4.12. The minimum Gasteiger partial charge on any atom is -0.466 e. The van der Waals surface area contributed by atoms with Crippen LogP contribution in [0, 0.1) is 23.2 Å². The zero-order valence-corrected chi connectivity index (χ0v) is 14.8. The maximum absolute atomic E-state index is 12.3. The summed E-state index contributed by atoms with van der Waals surface area (Å²) in [5.74, 6) is 0.974. The summed E-state index contributed by atoms with van der Waals surface area (Å²) in [6.07, 6.45) is 5.81. The van der Waals surface area contributed by atoms with E-state index in [2.05, 4.69) is 18.3 Å². The Bertz CT molecular complexity index is 488. The van der Waals surface area contributed by atoms with E-state index < -0.39 is 0 Å². The average Bonchev–Trinajstić information content (AvgIpc) is 3.18. The number of ether oxygens (including phenoxy) is 1. The van der Waals surface area contributed by atoms with Crippen molar-refractivity contribution in [3.05, 3.63) is 0 Å². The first-order chi connectivity index (χ1) is 11.5. The second kappa shape index (κ2) is 9.03. The normalized spacial score (nSPS) is 29.5. The van der Waals surface area contributed by atoms with Gasteiger partial charge in [-0.1, -0.05) is 13.3 Å². The molecule has 2 unspecified atom stereocenters. The zero-order valence-electron chi connectivity index (χ0n) is 14.8. The minimum absolute atomic E-state index is 0.0375. The van der Waals surface area contributed by atoms with Gasteiger partial charge in [-0.25, -0.2) is 0 Å². The molecule has 1 N–H and O–H groups in total. The number of carbonyl (C=O) groups excluding carboxylic acids is 2. The lowest BCUT2D eigenvalue weighted by molar-refractivity contribution is -0.141. The van der Waals surface area contributed by atoms with Gasteiger partial charge in [0.1, 0.15) is 6.04 Å². The Morgan fingerprint density at radius 3 is 2.75 bits per heavy atom. The summed E-state index contributed by atoms with van der Waals surface area (Å²) in [6.45, 7) is 5.13. The quantitative estimate of drug-likeness (QED) is 0.718. The molecule has 0 spiro atoms. The Morgan fingerprint density at radius 2 is 2.08 bits per heavy atom. The number of hydrogen-bond donors (Lipinski definition) is 1. The highest BCUT2D eigenvalue weighted by Crippen LogP contribution is 2.36. The van der Waals surface area contributed by atoms with Crippen molar-refractivity contribution in [3.8, 4) is 6.07 Å². The van der Waals surface area contributed by atoms with Crippen LogP contribution in [0.5, 0.6) is 0 Å². The number of rotatable bonds is 7. The molecule has 0 aromatic heterocycles. The summed E-state index contributed by atoms with van der Waals surface area (Å²) in [7, 11) is 0. The van der Waals surface area contributed by atoms with Crippen molar-refractivity contribution in [2.45, 2.75) is 64.5 Å². The van der Waals surface area contributed by atoms with Crippen molar-refractivity contribution in [2.75, 3.05) is 19.7 Å². The molecule has 4 atom stereocenters. The van der Waals surface area contributed by atoms with E-state index in [4.69, 9.17) is 10.00 Å². The Hall–Kier alpha value is -1.61. The van der Waals surface area contributed by atoms with Crippen molar-refractivity contribution in [1.82, 2.24) is 10.2 Å². The standard InChI is InChI=1S/C18H29N3O3/c1-3-14-9-16(10-15(14)6-8-24-13(2)22)20-12-18(23)21-7-4-5-17(21)11-19/h14-17,20H,3-10,12H2,1-2H3/t14-,15+,16?,17?/m1/s1. The van der Waals surface area contributed by atoms with Crippen molar-refractivity contribution in [1.29, 1.82) is 5.26 Å². The molecular formula is C18H29N3O3. The Balaban J connectivity index is 1.76. The summed E-state index contributed by atoms with van der Waals surface area (Å²) >= 11 is 0. The lowest BCUT2D eigenvalue weighted by Crippen LogP contribution is -2.43. The van der Waals surface area contributed by atoms with E-state index in [1.54, 1.807) is 4.90 Å². The number of carbonyl (C=O) groups is 2. The van der Waals surface area contributed by atoms with Crippen LogP contribution in [0.15, 0.2) is 0 Å². The average molecular weight is 335 g/mol. The SMILES string of the molecule is CC[C@@H]1CC(NCC(=O)N2CCCC2C#N)C[C@@H]1CCOC(C)=O. The van der Waals surface area contributed by atoms with Crippen LogP contribution in [0.2, 0.25) is 0 Å². The molecule has 2 aliphatic rings. The van der Waals surface area contributed by atoms with Crippen molar-refractivity contribution in [3.63, 3.8) is 0 Å². The number of nitrogens with zero attached hydrogens (tertiary/aromatic N) is 2. The molecule has 1 aliphatic carbocycles. The Morgan fingerprint density at radius 1 is 1.33 bits per heavy atom. The predicted molar refractivity (Wildman–Crippen MR) is 89.9 cm³/mol. The van der Waals surface area contributed by atoms with Gasteiger partial charge in [0.15, 0.2) is 0 Å². The Labute approximate surface area is 144 Å². The van der Waals surface area contributed by atoms with E-state index in [0.29, 0.717) is 37.6 Å². The molecule has 6 heteroatoms. The smallest absolute Gasteiger partial charge is 0.302 e. The van der Waals surface area contributed by atoms with Gasteiger partial charge in [-0.05, 0) is 43.9 Å². The van der Waals surface area contributed by atoms with Crippen molar-refractivity contribution in [2.24, 2.45) is 11.8 Å². The third-order valence-electron chi connectivity index (χ3n) is 5.42. The number of esters is 1. The molecule has 134 valence electrons. The van der Waals surface area contributed by atoms with Gasteiger partial charge in [0.25, 0.3) is 0 Å². The van der Waals surface area contributed by atoms with Crippen LogP contribution in [0.25, 0.3) is 0 Å². The highest BCUT2D eigenvalue weighted by molar-refractivity contribution is 5.79. The molecule has 2 fully saturated rings. The van der Waals surface area contributed by atoms with E-state index in [1.165, 1.54) is 6.92 Å². The second-order valence-corrected chi connectivity index (χ2v) is 6.98. The summed E-state index contributed by atoms with van der Waals surface area (Å²) in [5, 5.41) is 12.5. The topological polar surface area (TPSA) is 82.4 Å². The van der Waals surface area contributed by atoms with Gasteiger partial charge in [0, 0.05) is 19.5 Å². The molecular weight excluding hydrogens is 306 g/mol. The van der Waals surface area contributed by atoms with Crippen LogP contribution in [-0.2, 0) is 14.3 Å². The van der Waals surface area contributed by atoms with Crippen LogP contribution in [0.4, 0.5) is 0 Å². The van der Waals surface area contributed by atoms with E-state index in [-0.39, 0.29) is 17.9 Å². The molecule has 0 bridgehead atoms. The van der Waals surface area contributed by atoms with Crippen LogP contribution in [-0.4, -0.2) is 48.6 Å². The largest absolute Gasteiger partial charge is 0.466 e. The van der Waals surface area contributed by atoms with E-state index >= 15 is 0 Å². The summed E-state index contributed by atoms with van der Waals surface area (Å²) in [5.41, 5.74) is 0. The first-order valence-corrected chi connectivity index (χ1v) is 9.11. The highest BCUT2D eigenvalue weighted by atomic mass is 16.5. The fraction of sp³-hybridized carbons (Fsp3) is 0.833. The second-order valence-electron chi connectivity index (χ2n) is 6.98. The third kappa shape index (κ3) is 4.94. The van der Waals surface area contributed by atoms with Crippen LogP contribution in [0.3, 0.4) is 0 Å². The molecule has 1 aliphatic heterocycles. The van der Waals surface area contributed by atoms with Gasteiger partial charge >= 0.3 is 5.97 Å². The molecule has 0 aromatic carbocycles. The lowest BCUT2D eigenvalue weighted by Gasteiger charge is -2.21. The van der Waals surface area contributed by atoms with Gasteiger partial charge in [0.05, 0.1) is 19.2 Å². The molecule has 24 heavy (non-hydrogen) atoms. The summed E-state index contributed by atoms with van der Waals surface area (Å²) in [6, 6.07) is 2.30. The number of likely N-dealkylation sites (tertiary alicyclic amines) is 1. The summed E-state index contributed by atoms with van der Waals surface area (Å²) in [4.78, 5) is 24.9. The van der Waals surface area contributed by atoms with Crippen molar-refractivity contribution >= 4 is 11.9 Å². The van der Waals surface area contributed by atoms with E-state index in [1.807, 2.05) is 0 Å². The monoisotopic (exact) mass is 335 g/mol. The summed E-state index contributed by atoms with van der Waals surface area (Å²) < 4.78 is 5.07. The first-order valence-electron chi connectivity index (χ1n) is 9.11. The molecule has 1 heterocycles. The van der Waals surface area contributed by atoms with Gasteiger partial charge in [-0.2, -0.15) is 5.26 Å². The van der Waals surface area contributed by atoms with Gasteiger partial charge in [-0.3, -0.25) is 9.59 Å². The molecule has 6 nitrogen and oxygen atoms in total. The fourth-order valence-corrected chi connectivity index (χ4v) is 4.12. The third-order valence-corrected chi connectivity index (χ3v) is 5.42. The van der Waals surface area contributed by atoms with E-state index in [9.17, 15) is 9.59 Å². The molecule has 1 saturated heterocycles. The van der Waals surface area contributed by atoms with Gasteiger partial charge in [-0.15, -0.1) is 0 Å². The number of nitrogens with one attached hydrogen (secondary N) is 1. The van der Waals surface area contributed by atoms with Gasteiger partial charge in [0.2, 0.25) is 5.91 Å². The highest BCUT2D eigenvalue weighted by Gasteiger charge is 2.34. The van der Waals surface area contributed by atoms with Crippen LogP contribution < -0.4 is 5.32 Å². The van der Waals surface area contributed by atoms with Crippen LogP contribution >= 0.6 is 0 Å². The number of nitriles is 1. The number of amides is 1. The van der Waals surface area contributed by atoms with Gasteiger partial charge < -0.3 is 15.0 Å². The molecule has 0 radical (unpaired) electrons. The molecule has 1 saturated carbocycles. The first kappa shape index (κ1) is 18.7. The van der Waals surface area contributed by atoms with Crippen LogP contribution in [0.1, 0.15) is 52.4 Å². The zero-order chi connectivity index (χ0) is 17.5.